The van der Waals surface area contributed by atoms with E-state index in [1.54, 1.807) is 18.0 Å². The van der Waals surface area contributed by atoms with Crippen LogP contribution in [-0.2, 0) is 38.1 Å². The van der Waals surface area contributed by atoms with Gasteiger partial charge in [-0.05, 0) is 19.9 Å². The average Bonchev–Trinajstić information content (AvgIpc) is 2.95. The Bertz CT molecular complexity index is 657. The molecule has 9 nitrogen and oxygen atoms in total. The average molecular weight is 369 g/mol. The molecule has 1 aliphatic heterocycles. The van der Waals surface area contributed by atoms with Crippen molar-refractivity contribution in [2.24, 2.45) is 11.3 Å². The van der Waals surface area contributed by atoms with Gasteiger partial charge >= 0.3 is 23.9 Å². The molecule has 0 amide bonds. The molecule has 4 atom stereocenters. The number of likely N-dealkylation sites (tertiary alicyclic amines) is 1. The van der Waals surface area contributed by atoms with Crippen molar-refractivity contribution < 1.29 is 38.1 Å². The fraction of sp³-hybridized carbons (Fsp3) is 0.647. The first-order valence-electron chi connectivity index (χ1n) is 8.07. The number of ether oxygens (including phenoxy) is 4. The molecule has 2 aliphatic rings. The second-order valence-electron chi connectivity index (χ2n) is 6.20. The number of methoxy groups -OCH3 is 4. The van der Waals surface area contributed by atoms with Crippen molar-refractivity contribution in [2.45, 2.75) is 24.9 Å². The minimum absolute atomic E-state index is 0.00301. The van der Waals surface area contributed by atoms with E-state index in [9.17, 15) is 19.2 Å². The number of nitrogens with zero attached hydrogens (tertiary/aromatic N) is 1. The van der Waals surface area contributed by atoms with Crippen molar-refractivity contribution in [3.05, 3.63) is 11.6 Å². The summed E-state index contributed by atoms with van der Waals surface area (Å²) in [5.74, 6) is -4.38. The molecule has 1 fully saturated rings. The number of hydrogen-bond acceptors (Lipinski definition) is 9. The Morgan fingerprint density at radius 2 is 1.62 bits per heavy atom. The van der Waals surface area contributed by atoms with Crippen molar-refractivity contribution in [3.63, 3.8) is 0 Å². The van der Waals surface area contributed by atoms with Gasteiger partial charge in [0.15, 0.2) is 0 Å². The maximum Gasteiger partial charge on any atom is 0.334 e. The predicted octanol–water partition coefficient (Wildman–Crippen LogP) is -0.316. The van der Waals surface area contributed by atoms with E-state index < -0.39 is 47.3 Å². The van der Waals surface area contributed by atoms with Crippen molar-refractivity contribution in [1.29, 1.82) is 0 Å². The van der Waals surface area contributed by atoms with E-state index in [0.29, 0.717) is 12.8 Å². The summed E-state index contributed by atoms with van der Waals surface area (Å²) in [6.07, 6.45) is 2.47. The van der Waals surface area contributed by atoms with Gasteiger partial charge in [0.25, 0.3) is 0 Å². The zero-order valence-corrected chi connectivity index (χ0v) is 15.4. The van der Waals surface area contributed by atoms with Crippen LogP contribution in [0.4, 0.5) is 0 Å². The largest absolute Gasteiger partial charge is 0.469 e. The Morgan fingerprint density at radius 1 is 1.00 bits per heavy atom. The van der Waals surface area contributed by atoms with E-state index in [1.165, 1.54) is 14.2 Å². The molecule has 0 aromatic carbocycles. The Hall–Kier alpha value is -2.42. The fourth-order valence-corrected chi connectivity index (χ4v) is 4.31. The van der Waals surface area contributed by atoms with E-state index in [1.807, 2.05) is 0 Å². The number of carbonyl (C=O) groups excluding carboxylic acids is 4. The van der Waals surface area contributed by atoms with Crippen LogP contribution in [0.15, 0.2) is 11.6 Å². The highest BCUT2D eigenvalue weighted by atomic mass is 16.5. The van der Waals surface area contributed by atoms with Gasteiger partial charge in [0.2, 0.25) is 0 Å². The highest BCUT2D eigenvalue weighted by Crippen LogP contribution is 2.55. The third kappa shape index (κ3) is 2.57. The number of hydrogen-bond donors (Lipinski definition) is 0. The Kier molecular flexibility index (Phi) is 5.70. The van der Waals surface area contributed by atoms with Gasteiger partial charge in [-0.3, -0.25) is 19.3 Å². The molecule has 1 aliphatic carbocycles. The van der Waals surface area contributed by atoms with E-state index in [0.717, 1.165) is 14.2 Å². The summed E-state index contributed by atoms with van der Waals surface area (Å²) < 4.78 is 19.5. The van der Waals surface area contributed by atoms with Crippen LogP contribution in [-0.4, -0.2) is 76.3 Å². The fourth-order valence-electron chi connectivity index (χ4n) is 4.31. The maximum atomic E-state index is 13.0. The minimum Gasteiger partial charge on any atom is -0.469 e. The summed E-state index contributed by atoms with van der Waals surface area (Å²) >= 11 is 0. The SMILES string of the molecule is COC(=O)C1=CCC[C@@H]2N(C)[C@H](C(=O)OC)[C@@H](C(=O)OC)[C@@]12C(=O)OC. The minimum atomic E-state index is -1.72. The summed E-state index contributed by atoms with van der Waals surface area (Å²) in [7, 11) is 6.29. The van der Waals surface area contributed by atoms with E-state index in [4.69, 9.17) is 18.9 Å². The van der Waals surface area contributed by atoms with E-state index >= 15 is 0 Å². The summed E-state index contributed by atoms with van der Waals surface area (Å²) in [5.41, 5.74) is -1.72. The molecular weight excluding hydrogens is 346 g/mol. The second kappa shape index (κ2) is 7.45. The van der Waals surface area contributed by atoms with Gasteiger partial charge < -0.3 is 18.9 Å². The summed E-state index contributed by atoms with van der Waals surface area (Å²) in [5, 5.41) is 0. The van der Waals surface area contributed by atoms with Gasteiger partial charge in [-0.2, -0.15) is 0 Å². The lowest BCUT2D eigenvalue weighted by atomic mass is 9.62. The lowest BCUT2D eigenvalue weighted by Crippen LogP contribution is -2.54. The standard InChI is InChI=1S/C17H23NO8/c1-18-10-8-6-7-9(13(19)23-2)17(10,16(22)26-5)11(14(20)24-3)12(18)15(21)25-4/h7,10-12H,6,8H2,1-5H3/t10-,11-,12-,17+/m0/s1. The molecule has 1 saturated heterocycles. The Morgan fingerprint density at radius 3 is 2.12 bits per heavy atom. The van der Waals surface area contributed by atoms with Crippen LogP contribution in [0, 0.1) is 11.3 Å². The molecule has 0 radical (unpaired) electrons. The first-order chi connectivity index (χ1) is 12.3. The van der Waals surface area contributed by atoms with Gasteiger partial charge in [0.05, 0.1) is 34.0 Å². The normalized spacial score (nSPS) is 30.7. The molecular formula is C17H23NO8. The van der Waals surface area contributed by atoms with E-state index in [2.05, 4.69) is 0 Å². The molecule has 1 heterocycles. The van der Waals surface area contributed by atoms with Crippen LogP contribution in [0.2, 0.25) is 0 Å². The smallest absolute Gasteiger partial charge is 0.334 e. The van der Waals surface area contributed by atoms with Gasteiger partial charge in [-0.15, -0.1) is 0 Å². The molecule has 0 saturated carbocycles. The Labute approximate surface area is 151 Å². The van der Waals surface area contributed by atoms with E-state index in [-0.39, 0.29) is 5.57 Å². The quantitative estimate of drug-likeness (QED) is 0.487. The third-order valence-electron chi connectivity index (χ3n) is 5.32. The zero-order valence-electron chi connectivity index (χ0n) is 15.4. The van der Waals surface area contributed by atoms with Crippen LogP contribution < -0.4 is 0 Å². The van der Waals surface area contributed by atoms with Crippen LogP contribution in [0.25, 0.3) is 0 Å². The number of allylic oxidation sites excluding steroid dienone is 1. The molecule has 26 heavy (non-hydrogen) atoms. The summed E-state index contributed by atoms with van der Waals surface area (Å²) in [4.78, 5) is 52.1. The van der Waals surface area contributed by atoms with Crippen LogP contribution in [0.3, 0.4) is 0 Å². The first-order valence-corrected chi connectivity index (χ1v) is 8.07. The molecule has 0 aromatic heterocycles. The van der Waals surface area contributed by atoms with Crippen molar-refractivity contribution >= 4 is 23.9 Å². The number of fused-ring (bicyclic) bond motifs is 1. The lowest BCUT2D eigenvalue weighted by molar-refractivity contribution is -0.167. The summed E-state index contributed by atoms with van der Waals surface area (Å²) in [6, 6.07) is -1.75. The highest BCUT2D eigenvalue weighted by molar-refractivity contribution is 6.04. The monoisotopic (exact) mass is 369 g/mol. The van der Waals surface area contributed by atoms with Crippen molar-refractivity contribution in [3.8, 4) is 0 Å². The molecule has 0 N–H and O–H groups in total. The van der Waals surface area contributed by atoms with Crippen LogP contribution in [0.1, 0.15) is 12.8 Å². The van der Waals surface area contributed by atoms with Crippen LogP contribution in [0.5, 0.6) is 0 Å². The van der Waals surface area contributed by atoms with Crippen LogP contribution >= 0.6 is 0 Å². The number of carbonyl (C=O) groups is 4. The predicted molar refractivity (Wildman–Crippen MR) is 86.6 cm³/mol. The number of esters is 4. The zero-order chi connectivity index (χ0) is 19.6. The highest BCUT2D eigenvalue weighted by Gasteiger charge is 2.71. The molecule has 0 aromatic rings. The second-order valence-corrected chi connectivity index (χ2v) is 6.20. The van der Waals surface area contributed by atoms with Crippen molar-refractivity contribution in [2.75, 3.05) is 35.5 Å². The van der Waals surface area contributed by atoms with Gasteiger partial charge in [0, 0.05) is 6.04 Å². The van der Waals surface area contributed by atoms with Gasteiger partial charge in [-0.25, -0.2) is 4.79 Å². The number of rotatable bonds is 4. The third-order valence-corrected chi connectivity index (χ3v) is 5.32. The number of likely N-dealkylation sites (N-methyl/N-ethyl adjacent to an activating group) is 1. The molecule has 144 valence electrons. The Balaban J connectivity index is 2.81. The lowest BCUT2D eigenvalue weighted by Gasteiger charge is -2.40. The molecule has 0 unspecified atom stereocenters. The first kappa shape index (κ1) is 19.9. The van der Waals surface area contributed by atoms with Gasteiger partial charge in [-0.1, -0.05) is 6.08 Å². The topological polar surface area (TPSA) is 108 Å². The molecule has 0 bridgehead atoms. The van der Waals surface area contributed by atoms with Gasteiger partial charge in [0.1, 0.15) is 17.4 Å². The molecule has 9 heteroatoms. The maximum absolute atomic E-state index is 13.0. The molecule has 2 rings (SSSR count). The molecule has 0 spiro atoms. The van der Waals surface area contributed by atoms with Crippen molar-refractivity contribution in [1.82, 2.24) is 4.90 Å². The summed E-state index contributed by atoms with van der Waals surface area (Å²) in [6.45, 7) is 0.